The number of hydrogen-bond acceptors (Lipinski definition) is 5. The molecule has 1 aromatic carbocycles. The number of rotatable bonds is 6. The van der Waals surface area contributed by atoms with Crippen LogP contribution in [0.25, 0.3) is 0 Å². The maximum absolute atomic E-state index is 12.3. The van der Waals surface area contributed by atoms with Crippen molar-refractivity contribution in [3.8, 4) is 0 Å². The summed E-state index contributed by atoms with van der Waals surface area (Å²) < 4.78 is 4.94. The van der Waals surface area contributed by atoms with E-state index in [1.165, 1.54) is 0 Å². The molecule has 0 saturated carbocycles. The fourth-order valence-corrected chi connectivity index (χ4v) is 3.69. The number of nitrogens with one attached hydrogen (secondary N) is 1. The molecule has 3 amide bonds. The highest BCUT2D eigenvalue weighted by Gasteiger charge is 2.47. The molecule has 1 heterocycles. The summed E-state index contributed by atoms with van der Waals surface area (Å²) in [6.45, 7) is 0.818. The summed E-state index contributed by atoms with van der Waals surface area (Å²) in [6, 6.07) is 6.74. The molecule has 0 aromatic heterocycles. The lowest BCUT2D eigenvalue weighted by molar-refractivity contribution is -0.155. The maximum Gasteiger partial charge on any atom is 0.326 e. The first kappa shape index (κ1) is 20.1. The molecular formula is C20H21ClN2O5. The zero-order valence-electron chi connectivity index (χ0n) is 15.4. The van der Waals surface area contributed by atoms with Crippen molar-refractivity contribution in [3.63, 3.8) is 0 Å². The average molecular weight is 405 g/mol. The molecule has 8 heteroatoms. The first-order chi connectivity index (χ1) is 13.4. The summed E-state index contributed by atoms with van der Waals surface area (Å²) >= 11 is 5.93. The Morgan fingerprint density at radius 3 is 2.46 bits per heavy atom. The number of fused-ring (bicyclic) bond motifs is 1. The number of benzene rings is 1. The molecule has 1 aliphatic carbocycles. The van der Waals surface area contributed by atoms with Crippen molar-refractivity contribution < 1.29 is 23.9 Å². The minimum absolute atomic E-state index is 0.317. The Morgan fingerprint density at radius 1 is 1.21 bits per heavy atom. The predicted molar refractivity (Wildman–Crippen MR) is 101 cm³/mol. The quantitative estimate of drug-likeness (QED) is 0.445. The van der Waals surface area contributed by atoms with Crippen LogP contribution in [0.4, 0.5) is 0 Å². The molecule has 1 aliphatic heterocycles. The van der Waals surface area contributed by atoms with Crippen molar-refractivity contribution >= 4 is 35.3 Å². The number of carbonyl (C=O) groups is 4. The number of carbonyl (C=O) groups excluding carboxylic acids is 4. The summed E-state index contributed by atoms with van der Waals surface area (Å²) in [4.78, 5) is 49.6. The van der Waals surface area contributed by atoms with Gasteiger partial charge in [0.1, 0.15) is 6.54 Å². The third-order valence-corrected chi connectivity index (χ3v) is 5.21. The van der Waals surface area contributed by atoms with E-state index in [-0.39, 0.29) is 17.9 Å². The second kappa shape index (κ2) is 8.56. The van der Waals surface area contributed by atoms with Gasteiger partial charge in [0.05, 0.1) is 17.9 Å². The van der Waals surface area contributed by atoms with Crippen molar-refractivity contribution in [1.29, 1.82) is 0 Å². The number of imide groups is 1. The van der Waals surface area contributed by atoms with Crippen LogP contribution in [0.3, 0.4) is 0 Å². The van der Waals surface area contributed by atoms with Crippen molar-refractivity contribution in [3.05, 3.63) is 47.0 Å². The van der Waals surface area contributed by atoms with E-state index in [2.05, 4.69) is 5.32 Å². The van der Waals surface area contributed by atoms with E-state index < -0.39 is 36.9 Å². The Kier molecular flexibility index (Phi) is 6.14. The monoisotopic (exact) mass is 404 g/mol. The fourth-order valence-electron chi connectivity index (χ4n) is 3.49. The lowest BCUT2D eigenvalue weighted by Gasteiger charge is -2.16. The molecule has 1 fully saturated rings. The minimum Gasteiger partial charge on any atom is -0.454 e. The van der Waals surface area contributed by atoms with Crippen molar-refractivity contribution in [2.24, 2.45) is 11.8 Å². The molecule has 0 bridgehead atoms. The second-order valence-electron chi connectivity index (χ2n) is 6.92. The van der Waals surface area contributed by atoms with Crippen LogP contribution in [0, 0.1) is 11.8 Å². The fraction of sp³-hybridized carbons (Fsp3) is 0.400. The molecule has 3 rings (SSSR count). The molecule has 148 valence electrons. The highest BCUT2D eigenvalue weighted by molar-refractivity contribution is 6.30. The van der Waals surface area contributed by atoms with Gasteiger partial charge in [-0.05, 0) is 37.5 Å². The topological polar surface area (TPSA) is 92.8 Å². The SMILES string of the molecule is C[C@H](NC(=O)COC(=O)CN1C(=O)[C@H]2CC=CC[C@H]2C1=O)c1cccc(Cl)c1. The van der Waals surface area contributed by atoms with Crippen LogP contribution in [-0.4, -0.2) is 41.7 Å². The lowest BCUT2D eigenvalue weighted by Crippen LogP contribution is -2.38. The smallest absolute Gasteiger partial charge is 0.326 e. The summed E-state index contributed by atoms with van der Waals surface area (Å²) in [5.41, 5.74) is 0.816. The van der Waals surface area contributed by atoms with E-state index in [1.54, 1.807) is 25.1 Å². The van der Waals surface area contributed by atoms with Gasteiger partial charge in [0.2, 0.25) is 11.8 Å². The number of likely N-dealkylation sites (tertiary alicyclic amines) is 1. The number of hydrogen-bond donors (Lipinski definition) is 1. The summed E-state index contributed by atoms with van der Waals surface area (Å²) in [5, 5.41) is 3.26. The summed E-state index contributed by atoms with van der Waals surface area (Å²) in [6.07, 6.45) is 4.76. The van der Waals surface area contributed by atoms with Gasteiger partial charge in [-0.2, -0.15) is 0 Å². The summed E-state index contributed by atoms with van der Waals surface area (Å²) in [5.74, 6) is -2.78. The number of ether oxygens (including phenoxy) is 1. The molecule has 28 heavy (non-hydrogen) atoms. The van der Waals surface area contributed by atoms with E-state index in [0.29, 0.717) is 17.9 Å². The van der Waals surface area contributed by atoms with Gasteiger partial charge < -0.3 is 10.1 Å². The van der Waals surface area contributed by atoms with Gasteiger partial charge >= 0.3 is 5.97 Å². The van der Waals surface area contributed by atoms with Crippen LogP contribution in [0.5, 0.6) is 0 Å². The molecule has 0 unspecified atom stereocenters. The first-order valence-electron chi connectivity index (χ1n) is 9.07. The molecular weight excluding hydrogens is 384 g/mol. The van der Waals surface area contributed by atoms with E-state index >= 15 is 0 Å². The van der Waals surface area contributed by atoms with E-state index in [0.717, 1.165) is 10.5 Å². The third kappa shape index (κ3) is 4.42. The van der Waals surface area contributed by atoms with Gasteiger partial charge in [-0.1, -0.05) is 35.9 Å². The van der Waals surface area contributed by atoms with Crippen LogP contribution >= 0.6 is 11.6 Å². The van der Waals surface area contributed by atoms with Gasteiger partial charge in [0.25, 0.3) is 5.91 Å². The number of amides is 3. The Bertz CT molecular complexity index is 812. The number of nitrogens with zero attached hydrogens (tertiary/aromatic N) is 1. The largest absolute Gasteiger partial charge is 0.454 e. The second-order valence-corrected chi connectivity index (χ2v) is 7.36. The van der Waals surface area contributed by atoms with Gasteiger partial charge in [-0.25, -0.2) is 0 Å². The number of allylic oxidation sites excluding steroid dienone is 2. The zero-order chi connectivity index (χ0) is 20.3. The number of halogens is 1. The molecule has 3 atom stereocenters. The molecule has 1 aromatic rings. The number of esters is 1. The van der Waals surface area contributed by atoms with Crippen LogP contribution in [-0.2, 0) is 23.9 Å². The van der Waals surface area contributed by atoms with Crippen LogP contribution in [0.15, 0.2) is 36.4 Å². The molecule has 1 saturated heterocycles. The predicted octanol–water partition coefficient (Wildman–Crippen LogP) is 2.01. The lowest BCUT2D eigenvalue weighted by atomic mass is 9.85. The molecule has 0 radical (unpaired) electrons. The van der Waals surface area contributed by atoms with Gasteiger partial charge in [0, 0.05) is 5.02 Å². The van der Waals surface area contributed by atoms with Gasteiger partial charge in [-0.3, -0.25) is 24.1 Å². The third-order valence-electron chi connectivity index (χ3n) is 4.98. The van der Waals surface area contributed by atoms with Gasteiger partial charge in [0.15, 0.2) is 6.61 Å². The molecule has 0 spiro atoms. The molecule has 7 nitrogen and oxygen atoms in total. The van der Waals surface area contributed by atoms with E-state index in [4.69, 9.17) is 16.3 Å². The highest BCUT2D eigenvalue weighted by Crippen LogP contribution is 2.34. The highest BCUT2D eigenvalue weighted by atomic mass is 35.5. The summed E-state index contributed by atoms with van der Waals surface area (Å²) in [7, 11) is 0. The van der Waals surface area contributed by atoms with Crippen LogP contribution in [0.2, 0.25) is 5.02 Å². The average Bonchev–Trinajstić information content (AvgIpc) is 2.91. The Hall–Kier alpha value is -2.67. The Morgan fingerprint density at radius 2 is 1.86 bits per heavy atom. The van der Waals surface area contributed by atoms with Crippen LogP contribution < -0.4 is 5.32 Å². The van der Waals surface area contributed by atoms with Crippen molar-refractivity contribution in [2.45, 2.75) is 25.8 Å². The Labute approximate surface area is 167 Å². The zero-order valence-corrected chi connectivity index (χ0v) is 16.1. The van der Waals surface area contributed by atoms with E-state index in [1.807, 2.05) is 18.2 Å². The van der Waals surface area contributed by atoms with E-state index in [9.17, 15) is 19.2 Å². The normalized spacial score (nSPS) is 22.0. The molecule has 2 aliphatic rings. The molecule has 1 N–H and O–H groups in total. The van der Waals surface area contributed by atoms with Crippen molar-refractivity contribution in [2.75, 3.05) is 13.2 Å². The maximum atomic E-state index is 12.3. The van der Waals surface area contributed by atoms with Gasteiger partial charge in [-0.15, -0.1) is 0 Å². The standard InChI is InChI=1S/C20H21ClN2O5/c1-12(13-5-4-6-14(21)9-13)22-17(24)11-28-18(25)10-23-19(26)15-7-2-3-8-16(15)20(23)27/h2-6,9,12,15-16H,7-8,10-11H2,1H3,(H,22,24)/t12-,15-,16+/m0/s1. The Balaban J connectivity index is 1.47. The first-order valence-corrected chi connectivity index (χ1v) is 9.45. The van der Waals surface area contributed by atoms with Crippen molar-refractivity contribution in [1.82, 2.24) is 10.2 Å². The minimum atomic E-state index is -0.793. The van der Waals surface area contributed by atoms with Crippen LogP contribution in [0.1, 0.15) is 31.4 Å².